The molecule has 2 heterocycles. The van der Waals surface area contributed by atoms with E-state index in [0.717, 1.165) is 16.9 Å². The summed E-state index contributed by atoms with van der Waals surface area (Å²) >= 11 is 0. The van der Waals surface area contributed by atoms with Crippen LogP contribution < -0.4 is 26.8 Å². The molecule has 0 saturated carbocycles. The molecule has 26 heavy (non-hydrogen) atoms. The Labute approximate surface area is 149 Å². The minimum Gasteiger partial charge on any atom is -0.496 e. The zero-order chi connectivity index (χ0) is 18.8. The van der Waals surface area contributed by atoms with E-state index in [-0.39, 0.29) is 23.0 Å². The number of aliphatic imine (C=N–C) groups is 1. The van der Waals surface area contributed by atoms with Crippen LogP contribution in [0.1, 0.15) is 28.3 Å². The molecule has 9 nitrogen and oxygen atoms in total. The number of hydrogen-bond donors (Lipinski definition) is 4. The number of ether oxygens (including phenoxy) is 1. The number of nitrogen functional groups attached to an aromatic ring is 2. The highest BCUT2D eigenvalue weighted by molar-refractivity contribution is 5.98. The number of guanidine groups is 1. The molecule has 9 heteroatoms. The molecule has 1 aliphatic rings. The number of aromatic nitrogens is 1. The van der Waals surface area contributed by atoms with Crippen LogP contribution in [0, 0.1) is 29.7 Å². The lowest BCUT2D eigenvalue weighted by molar-refractivity contribution is 0.411. The third kappa shape index (κ3) is 2.68. The fraction of sp³-hybridized carbons (Fsp3) is 0.176. The van der Waals surface area contributed by atoms with E-state index in [1.54, 1.807) is 7.11 Å². The molecule has 1 unspecified atom stereocenters. The van der Waals surface area contributed by atoms with Crippen molar-refractivity contribution < 1.29 is 4.74 Å². The van der Waals surface area contributed by atoms with Crippen LogP contribution in [0.5, 0.6) is 5.75 Å². The summed E-state index contributed by atoms with van der Waals surface area (Å²) in [6.07, 6.45) is 1.82. The number of pyridine rings is 1. The average molecular weight is 348 g/mol. The van der Waals surface area contributed by atoms with Gasteiger partial charge in [0.2, 0.25) is 5.96 Å². The Morgan fingerprint density at radius 2 is 2.08 bits per heavy atom. The van der Waals surface area contributed by atoms with Crippen LogP contribution >= 0.6 is 0 Å². The molecule has 130 valence electrons. The SMILES string of the molecule is COc1ccc(C2N=C(NC#N)Nc3nc(N)c(C#N)c(N)c32)cc1C. The number of nitrogens with zero attached hydrogens (tertiary/aromatic N) is 4. The maximum absolute atomic E-state index is 9.33. The van der Waals surface area contributed by atoms with Crippen LogP contribution in [0.4, 0.5) is 17.3 Å². The van der Waals surface area contributed by atoms with Gasteiger partial charge in [0.25, 0.3) is 0 Å². The van der Waals surface area contributed by atoms with Gasteiger partial charge < -0.3 is 21.5 Å². The van der Waals surface area contributed by atoms with Crippen molar-refractivity contribution in [3.05, 3.63) is 40.5 Å². The average Bonchev–Trinajstić information content (AvgIpc) is 2.61. The van der Waals surface area contributed by atoms with Gasteiger partial charge in [-0.2, -0.15) is 10.5 Å². The summed E-state index contributed by atoms with van der Waals surface area (Å²) in [6.45, 7) is 1.91. The molecule has 2 aromatic rings. The topological polar surface area (TPSA) is 158 Å². The third-order valence-electron chi connectivity index (χ3n) is 4.09. The second kappa shape index (κ2) is 6.49. The van der Waals surface area contributed by atoms with Gasteiger partial charge in [-0.15, -0.1) is 0 Å². The highest BCUT2D eigenvalue weighted by Crippen LogP contribution is 2.41. The maximum atomic E-state index is 9.33. The van der Waals surface area contributed by atoms with E-state index in [1.165, 1.54) is 0 Å². The summed E-state index contributed by atoms with van der Waals surface area (Å²) in [6, 6.07) is 7.00. The normalized spacial score (nSPS) is 14.9. The summed E-state index contributed by atoms with van der Waals surface area (Å²) in [5.41, 5.74) is 14.6. The van der Waals surface area contributed by atoms with Gasteiger partial charge in [0, 0.05) is 5.56 Å². The molecular formula is C17H16N8O. The van der Waals surface area contributed by atoms with Gasteiger partial charge >= 0.3 is 0 Å². The minimum absolute atomic E-state index is 0.0131. The molecule has 0 fully saturated rings. The molecule has 3 rings (SSSR count). The van der Waals surface area contributed by atoms with Crippen LogP contribution in [0.25, 0.3) is 0 Å². The summed E-state index contributed by atoms with van der Waals surface area (Å²) in [5, 5.41) is 23.6. The lowest BCUT2D eigenvalue weighted by Crippen LogP contribution is -2.32. The standard InChI is InChI=1S/C17H16N8O/c1-8-5-9(3-4-11(8)26-2)14-12-13(20)10(6-18)15(21)24-16(12)25-17(23-14)22-7-19/h3-5,14H,1-2H3,(H6,20,21,22,23,24,25). The van der Waals surface area contributed by atoms with Crippen molar-refractivity contribution in [2.24, 2.45) is 4.99 Å². The Kier molecular flexibility index (Phi) is 4.21. The second-order valence-corrected chi connectivity index (χ2v) is 5.63. The number of nitriles is 2. The molecule has 0 saturated heterocycles. The Bertz CT molecular complexity index is 999. The Morgan fingerprint density at radius 3 is 2.69 bits per heavy atom. The molecule has 0 aliphatic carbocycles. The van der Waals surface area contributed by atoms with E-state index in [2.05, 4.69) is 20.6 Å². The molecule has 0 bridgehead atoms. The largest absolute Gasteiger partial charge is 0.496 e. The first-order valence-electron chi connectivity index (χ1n) is 7.63. The van der Waals surface area contributed by atoms with Crippen LogP contribution in [-0.2, 0) is 0 Å². The Hall–Kier alpha value is -3.98. The van der Waals surface area contributed by atoms with Gasteiger partial charge in [0.15, 0.2) is 6.19 Å². The lowest BCUT2D eigenvalue weighted by Gasteiger charge is -2.26. The van der Waals surface area contributed by atoms with Gasteiger partial charge in [0.1, 0.15) is 35.1 Å². The van der Waals surface area contributed by atoms with Crippen molar-refractivity contribution in [3.8, 4) is 18.0 Å². The summed E-state index contributed by atoms with van der Waals surface area (Å²) < 4.78 is 5.29. The number of rotatable bonds is 2. The summed E-state index contributed by atoms with van der Waals surface area (Å²) in [5.74, 6) is 1.32. The fourth-order valence-corrected chi connectivity index (χ4v) is 2.89. The Morgan fingerprint density at radius 1 is 1.31 bits per heavy atom. The predicted molar refractivity (Wildman–Crippen MR) is 97.2 cm³/mol. The number of aryl methyl sites for hydroxylation is 1. The van der Waals surface area contributed by atoms with Gasteiger partial charge in [-0.1, -0.05) is 6.07 Å². The molecule has 1 aromatic heterocycles. The highest BCUT2D eigenvalue weighted by atomic mass is 16.5. The molecule has 6 N–H and O–H groups in total. The number of nitrogens with two attached hydrogens (primary N) is 2. The summed E-state index contributed by atoms with van der Waals surface area (Å²) in [4.78, 5) is 8.73. The number of fused-ring (bicyclic) bond motifs is 1. The fourth-order valence-electron chi connectivity index (χ4n) is 2.89. The van der Waals surface area contributed by atoms with Gasteiger partial charge in [-0.25, -0.2) is 9.98 Å². The van der Waals surface area contributed by atoms with E-state index in [0.29, 0.717) is 11.4 Å². The molecule has 1 aliphatic heterocycles. The highest BCUT2D eigenvalue weighted by Gasteiger charge is 2.29. The van der Waals surface area contributed by atoms with Gasteiger partial charge in [-0.05, 0) is 30.2 Å². The summed E-state index contributed by atoms with van der Waals surface area (Å²) in [7, 11) is 1.60. The van der Waals surface area contributed by atoms with E-state index in [4.69, 9.17) is 21.5 Å². The molecular weight excluding hydrogens is 332 g/mol. The van der Waals surface area contributed by atoms with Crippen molar-refractivity contribution >= 4 is 23.3 Å². The van der Waals surface area contributed by atoms with E-state index < -0.39 is 6.04 Å². The molecule has 1 aromatic carbocycles. The first-order valence-corrected chi connectivity index (χ1v) is 7.63. The number of methoxy groups -OCH3 is 1. The van der Waals surface area contributed by atoms with Crippen LogP contribution in [-0.4, -0.2) is 18.1 Å². The van der Waals surface area contributed by atoms with Crippen molar-refractivity contribution in [1.29, 1.82) is 10.5 Å². The third-order valence-corrected chi connectivity index (χ3v) is 4.09. The zero-order valence-corrected chi connectivity index (χ0v) is 14.2. The first kappa shape index (κ1) is 16.9. The number of hydrogen-bond acceptors (Lipinski definition) is 9. The van der Waals surface area contributed by atoms with Gasteiger partial charge in [0.05, 0.1) is 12.8 Å². The van der Waals surface area contributed by atoms with Gasteiger partial charge in [-0.3, -0.25) is 5.32 Å². The molecule has 0 radical (unpaired) electrons. The lowest BCUT2D eigenvalue weighted by atomic mass is 9.94. The van der Waals surface area contributed by atoms with Crippen LogP contribution in [0.15, 0.2) is 23.2 Å². The van der Waals surface area contributed by atoms with E-state index in [9.17, 15) is 5.26 Å². The first-order chi connectivity index (χ1) is 12.5. The zero-order valence-electron chi connectivity index (χ0n) is 14.2. The van der Waals surface area contributed by atoms with Crippen molar-refractivity contribution in [1.82, 2.24) is 10.3 Å². The molecule has 0 amide bonds. The maximum Gasteiger partial charge on any atom is 0.211 e. The van der Waals surface area contributed by atoms with Crippen molar-refractivity contribution in [3.63, 3.8) is 0 Å². The second-order valence-electron chi connectivity index (χ2n) is 5.63. The Balaban J connectivity index is 2.23. The number of anilines is 3. The monoisotopic (exact) mass is 348 g/mol. The van der Waals surface area contributed by atoms with E-state index in [1.807, 2.05) is 37.4 Å². The number of nitrogens with one attached hydrogen (secondary N) is 2. The smallest absolute Gasteiger partial charge is 0.211 e. The van der Waals surface area contributed by atoms with Crippen LogP contribution in [0.3, 0.4) is 0 Å². The van der Waals surface area contributed by atoms with Crippen molar-refractivity contribution in [2.75, 3.05) is 23.9 Å². The van der Waals surface area contributed by atoms with Crippen molar-refractivity contribution in [2.45, 2.75) is 13.0 Å². The van der Waals surface area contributed by atoms with Crippen LogP contribution in [0.2, 0.25) is 0 Å². The number of benzene rings is 1. The van der Waals surface area contributed by atoms with E-state index >= 15 is 0 Å². The predicted octanol–water partition coefficient (Wildman–Crippen LogP) is 1.38. The quantitative estimate of drug-likeness (QED) is 0.468. The molecule has 0 spiro atoms. The minimum atomic E-state index is -0.563. The molecule has 1 atom stereocenters.